The molecular formula is C11H12Cl3LiOP. The summed E-state index contributed by atoms with van der Waals surface area (Å²) in [6.45, 7) is 4.09. The van der Waals surface area contributed by atoms with E-state index in [0.29, 0.717) is 26.3 Å². The Bertz CT molecular complexity index is 389. The van der Waals surface area contributed by atoms with Crippen LogP contribution in [0, 0.1) is 0 Å². The fourth-order valence-electron chi connectivity index (χ4n) is 1.16. The molecule has 1 aromatic rings. The molecule has 89 valence electrons. The van der Waals surface area contributed by atoms with Crippen LogP contribution >= 0.6 is 43.4 Å². The predicted molar refractivity (Wildman–Crippen MR) is 79.6 cm³/mol. The summed E-state index contributed by atoms with van der Waals surface area (Å²) in [5, 5.41) is 1.11. The number of benzene rings is 1. The van der Waals surface area contributed by atoms with Gasteiger partial charge in [-0.05, 0) is 32.8 Å². The minimum absolute atomic E-state index is 0. The van der Waals surface area contributed by atoms with Gasteiger partial charge in [0.25, 0.3) is 0 Å². The van der Waals surface area contributed by atoms with Gasteiger partial charge in [-0.1, -0.05) is 48.7 Å². The maximum Gasteiger partial charge on any atom is 0.184 e. The van der Waals surface area contributed by atoms with Crippen molar-refractivity contribution in [3.05, 3.63) is 32.8 Å². The first-order chi connectivity index (χ1) is 7.45. The summed E-state index contributed by atoms with van der Waals surface area (Å²) >= 11 is 17.7. The molecule has 0 heterocycles. The van der Waals surface area contributed by atoms with Gasteiger partial charge in [0.1, 0.15) is 0 Å². The van der Waals surface area contributed by atoms with E-state index >= 15 is 0 Å². The molecule has 17 heavy (non-hydrogen) atoms. The van der Waals surface area contributed by atoms with Crippen molar-refractivity contribution >= 4 is 67.8 Å². The molecule has 0 bridgehead atoms. The van der Waals surface area contributed by atoms with Gasteiger partial charge < -0.3 is 0 Å². The van der Waals surface area contributed by atoms with Gasteiger partial charge in [-0.3, -0.25) is 4.79 Å². The van der Waals surface area contributed by atoms with Crippen LogP contribution in [0.5, 0.6) is 0 Å². The Morgan fingerprint density at radius 2 is 1.76 bits per heavy atom. The number of rotatable bonds is 4. The molecule has 0 fully saturated rings. The van der Waals surface area contributed by atoms with Crippen LogP contribution in [0.4, 0.5) is 0 Å². The van der Waals surface area contributed by atoms with E-state index in [9.17, 15) is 4.79 Å². The molecule has 0 saturated heterocycles. The van der Waals surface area contributed by atoms with E-state index < -0.39 is 0 Å². The second kappa shape index (κ2) is 8.06. The summed E-state index contributed by atoms with van der Waals surface area (Å²) in [7, 11) is 0.196. The van der Waals surface area contributed by atoms with E-state index in [4.69, 9.17) is 34.8 Å². The topological polar surface area (TPSA) is 17.1 Å². The third-order valence-corrected chi connectivity index (χ3v) is 4.45. The molecule has 1 nitrogen and oxygen atoms in total. The van der Waals surface area contributed by atoms with Crippen molar-refractivity contribution < 1.29 is 4.79 Å². The zero-order valence-electron chi connectivity index (χ0n) is 9.98. The van der Waals surface area contributed by atoms with Crippen molar-refractivity contribution in [3.63, 3.8) is 0 Å². The first kappa shape index (κ1) is 17.8. The maximum absolute atomic E-state index is 12.0. The summed E-state index contributed by atoms with van der Waals surface area (Å²) in [5.74, 6) is 0. The molecule has 2 unspecified atom stereocenters. The molecule has 1 radical (unpaired) electrons. The van der Waals surface area contributed by atoms with Crippen LogP contribution in [-0.2, 0) is 0 Å². The number of halogens is 3. The zero-order valence-corrected chi connectivity index (χ0v) is 13.2. The van der Waals surface area contributed by atoms with Crippen LogP contribution in [0.1, 0.15) is 30.6 Å². The van der Waals surface area contributed by atoms with Gasteiger partial charge in [0.15, 0.2) is 5.52 Å². The zero-order chi connectivity index (χ0) is 12.3. The summed E-state index contributed by atoms with van der Waals surface area (Å²) in [6.07, 6.45) is 0.965. The Morgan fingerprint density at radius 1 is 1.29 bits per heavy atom. The van der Waals surface area contributed by atoms with Crippen LogP contribution in [0.25, 0.3) is 0 Å². The summed E-state index contributed by atoms with van der Waals surface area (Å²) in [6, 6.07) is 3.09. The number of carbonyl (C=O) groups is 1. The first-order valence-corrected chi connectivity index (χ1v) is 7.12. The van der Waals surface area contributed by atoms with Gasteiger partial charge >= 0.3 is 0 Å². The average Bonchev–Trinajstić information content (AvgIpc) is 2.15. The van der Waals surface area contributed by atoms with Crippen LogP contribution < -0.4 is 0 Å². The maximum atomic E-state index is 12.0. The van der Waals surface area contributed by atoms with Gasteiger partial charge in [-0.25, -0.2) is 0 Å². The summed E-state index contributed by atoms with van der Waals surface area (Å²) in [5.41, 5.74) is 0.752. The van der Waals surface area contributed by atoms with Gasteiger partial charge in [-0.15, -0.1) is 0 Å². The monoisotopic (exact) mass is 303 g/mol. The molecule has 0 aliphatic heterocycles. The average molecular weight is 304 g/mol. The Kier molecular flexibility index (Phi) is 8.43. The summed E-state index contributed by atoms with van der Waals surface area (Å²) < 4.78 is 0. The third kappa shape index (κ3) is 5.12. The van der Waals surface area contributed by atoms with E-state index in [1.165, 1.54) is 0 Å². The predicted octanol–water partition coefficient (Wildman–Crippen LogP) is 4.88. The van der Waals surface area contributed by atoms with Gasteiger partial charge in [-0.2, -0.15) is 0 Å². The smallest absolute Gasteiger partial charge is 0.184 e. The molecular weight excluding hydrogens is 292 g/mol. The normalized spacial score (nSPS) is 12.5. The van der Waals surface area contributed by atoms with E-state index in [1.807, 2.05) is 6.92 Å². The minimum atomic E-state index is 0. The van der Waals surface area contributed by atoms with Crippen LogP contribution in [0.15, 0.2) is 12.1 Å². The van der Waals surface area contributed by atoms with Crippen LogP contribution in [0.2, 0.25) is 15.1 Å². The van der Waals surface area contributed by atoms with E-state index in [-0.39, 0.29) is 33.0 Å². The second-order valence-electron chi connectivity index (χ2n) is 3.53. The van der Waals surface area contributed by atoms with Crippen molar-refractivity contribution in [3.8, 4) is 0 Å². The van der Waals surface area contributed by atoms with Gasteiger partial charge in [0, 0.05) is 23.9 Å². The Balaban J connectivity index is 0.00000256. The Morgan fingerprint density at radius 3 is 2.18 bits per heavy atom. The standard InChI is InChI=1S/C11H12Cl3OP.Li/c1-3-6(2)16-11(15)10-8(13)4-7(12)5-9(10)14;/h4-6,16H,3H2,1-2H3;. The fraction of sp³-hybridized carbons (Fsp3) is 0.364. The second-order valence-corrected chi connectivity index (χ2v) is 6.51. The molecule has 0 aliphatic carbocycles. The van der Waals surface area contributed by atoms with Crippen molar-refractivity contribution in [1.29, 1.82) is 0 Å². The molecule has 6 heteroatoms. The van der Waals surface area contributed by atoms with Crippen molar-refractivity contribution in [1.82, 2.24) is 0 Å². The number of hydrogen-bond donors (Lipinski definition) is 0. The molecule has 0 amide bonds. The largest absolute Gasteiger partial charge is 0.289 e. The molecule has 0 aliphatic rings. The van der Waals surface area contributed by atoms with Crippen molar-refractivity contribution in [2.45, 2.75) is 25.9 Å². The van der Waals surface area contributed by atoms with Crippen LogP contribution in [-0.4, -0.2) is 30.0 Å². The Hall–Kier alpha value is 0.787. The number of hydrogen-bond acceptors (Lipinski definition) is 1. The quantitative estimate of drug-likeness (QED) is 0.572. The van der Waals surface area contributed by atoms with E-state index in [2.05, 4.69) is 6.92 Å². The van der Waals surface area contributed by atoms with E-state index in [1.54, 1.807) is 12.1 Å². The molecule has 2 atom stereocenters. The molecule has 0 N–H and O–H groups in total. The molecule has 0 saturated carbocycles. The molecule has 0 aromatic heterocycles. The summed E-state index contributed by atoms with van der Waals surface area (Å²) in [4.78, 5) is 12.0. The first-order valence-electron chi connectivity index (χ1n) is 4.91. The Labute approximate surface area is 131 Å². The van der Waals surface area contributed by atoms with Gasteiger partial charge in [0.2, 0.25) is 0 Å². The van der Waals surface area contributed by atoms with Crippen LogP contribution in [0.3, 0.4) is 0 Å². The van der Waals surface area contributed by atoms with Crippen molar-refractivity contribution in [2.24, 2.45) is 0 Å². The number of carbonyl (C=O) groups excluding carboxylic acids is 1. The minimum Gasteiger partial charge on any atom is -0.289 e. The third-order valence-electron chi connectivity index (χ3n) is 2.22. The SMILES string of the molecule is CCC(C)PC(=O)c1c(Cl)cc(Cl)cc1Cl.[Li]. The molecule has 1 rings (SSSR count). The van der Waals surface area contributed by atoms with Gasteiger partial charge in [0.05, 0.1) is 15.6 Å². The molecule has 0 spiro atoms. The van der Waals surface area contributed by atoms with Crippen molar-refractivity contribution in [2.75, 3.05) is 0 Å². The van der Waals surface area contributed by atoms with E-state index in [0.717, 1.165) is 6.42 Å². The molecule has 1 aromatic carbocycles. The fourth-order valence-corrected chi connectivity index (χ4v) is 3.37.